The van der Waals surface area contributed by atoms with Crippen molar-refractivity contribution in [3.63, 3.8) is 0 Å². The van der Waals surface area contributed by atoms with Crippen LogP contribution in [-0.4, -0.2) is 16.8 Å². The molecule has 8 nitrogen and oxygen atoms in total. The van der Waals surface area contributed by atoms with Crippen molar-refractivity contribution in [2.45, 2.75) is 13.5 Å². The van der Waals surface area contributed by atoms with Gasteiger partial charge in [-0.05, 0) is 72.6 Å². The van der Waals surface area contributed by atoms with E-state index in [2.05, 4.69) is 15.8 Å². The van der Waals surface area contributed by atoms with E-state index in [1.54, 1.807) is 54.6 Å². The molecule has 0 saturated heterocycles. The fourth-order valence-electron chi connectivity index (χ4n) is 3.11. The lowest BCUT2D eigenvalue weighted by atomic mass is 10.1. The zero-order valence-electron chi connectivity index (χ0n) is 18.1. The molecule has 0 bridgehead atoms. The highest BCUT2D eigenvalue weighted by Crippen LogP contribution is 2.22. The van der Waals surface area contributed by atoms with Crippen molar-refractivity contribution in [1.29, 1.82) is 0 Å². The quantitative estimate of drug-likeness (QED) is 0.359. The highest BCUT2D eigenvalue weighted by molar-refractivity contribution is 6.31. The number of amides is 2. The van der Waals surface area contributed by atoms with Crippen molar-refractivity contribution >= 4 is 23.4 Å². The average Bonchev–Trinajstić information content (AvgIpc) is 3.38. The number of carbonyl (C=O) groups excluding carboxylic acids is 2. The van der Waals surface area contributed by atoms with E-state index in [1.165, 1.54) is 12.3 Å². The topological polar surface area (TPSA) is 113 Å². The molecule has 0 saturated carbocycles. The number of aromatic nitrogens is 1. The maximum absolute atomic E-state index is 12.4. The van der Waals surface area contributed by atoms with Crippen molar-refractivity contribution in [3.8, 4) is 17.2 Å². The lowest BCUT2D eigenvalue weighted by Crippen LogP contribution is -2.43. The summed E-state index contributed by atoms with van der Waals surface area (Å²) in [6.07, 6.45) is 1.48. The minimum atomic E-state index is -0.746. The molecule has 172 valence electrons. The van der Waals surface area contributed by atoms with Gasteiger partial charge in [0.2, 0.25) is 0 Å². The number of carbonyl (C=O) groups is 2. The molecule has 0 spiro atoms. The SMILES string of the molecule is Cc1cc(OCc2ccc(C(=O)NNC(=O)c3ccc(-c4ccco4)[nH]c3=O)cc2)ccc1Cl. The van der Waals surface area contributed by atoms with Crippen molar-refractivity contribution < 1.29 is 18.7 Å². The monoisotopic (exact) mass is 477 g/mol. The number of hydrogen-bond donors (Lipinski definition) is 3. The number of pyridine rings is 1. The number of furan rings is 1. The van der Waals surface area contributed by atoms with Gasteiger partial charge in [0.1, 0.15) is 23.7 Å². The van der Waals surface area contributed by atoms with Crippen molar-refractivity contribution in [2.75, 3.05) is 0 Å². The number of ether oxygens (including phenoxy) is 1. The molecule has 0 aliphatic rings. The Morgan fingerprint density at radius 1 is 1.00 bits per heavy atom. The van der Waals surface area contributed by atoms with Crippen LogP contribution in [0.1, 0.15) is 31.8 Å². The molecule has 2 aromatic carbocycles. The van der Waals surface area contributed by atoms with Crippen molar-refractivity contribution in [2.24, 2.45) is 0 Å². The van der Waals surface area contributed by atoms with Crippen LogP contribution in [0.2, 0.25) is 5.02 Å². The molecule has 0 fully saturated rings. The number of rotatable bonds is 6. The Hall–Kier alpha value is -4.30. The minimum absolute atomic E-state index is 0.152. The molecule has 9 heteroatoms. The smallest absolute Gasteiger partial charge is 0.275 e. The van der Waals surface area contributed by atoms with Crippen LogP contribution < -0.4 is 21.1 Å². The standard InChI is InChI=1S/C25H20ClN3O5/c1-15-13-18(8-10-20(15)26)34-14-16-4-6-17(7-5-16)23(30)28-29-25(32)19-9-11-21(27-24(19)31)22-3-2-12-33-22/h2-13H,14H2,1H3,(H,27,31)(H,28,30)(H,29,32). The summed E-state index contributed by atoms with van der Waals surface area (Å²) in [6.45, 7) is 2.21. The Labute approximate surface area is 199 Å². The number of H-pyrrole nitrogens is 1. The third-order valence-corrected chi connectivity index (χ3v) is 5.41. The Kier molecular flexibility index (Phi) is 6.79. The fourth-order valence-corrected chi connectivity index (χ4v) is 3.22. The van der Waals surface area contributed by atoms with Crippen LogP contribution >= 0.6 is 11.6 Å². The van der Waals surface area contributed by atoms with Gasteiger partial charge in [0.25, 0.3) is 17.4 Å². The first kappa shape index (κ1) is 22.9. The molecular formula is C25H20ClN3O5. The predicted octanol–water partition coefficient (Wildman–Crippen LogP) is 4.25. The van der Waals surface area contributed by atoms with Gasteiger partial charge >= 0.3 is 0 Å². The van der Waals surface area contributed by atoms with Gasteiger partial charge in [-0.15, -0.1) is 0 Å². The van der Waals surface area contributed by atoms with Crippen molar-refractivity contribution in [1.82, 2.24) is 15.8 Å². The van der Waals surface area contributed by atoms with Gasteiger partial charge in [-0.1, -0.05) is 23.7 Å². The number of aromatic amines is 1. The first-order valence-corrected chi connectivity index (χ1v) is 10.6. The normalized spacial score (nSPS) is 10.5. The largest absolute Gasteiger partial charge is 0.489 e. The van der Waals surface area contributed by atoms with Gasteiger partial charge in [0.05, 0.1) is 12.0 Å². The van der Waals surface area contributed by atoms with Crippen LogP contribution in [0.15, 0.2) is 82.2 Å². The second-order valence-electron chi connectivity index (χ2n) is 7.40. The molecule has 4 rings (SSSR count). The summed E-state index contributed by atoms with van der Waals surface area (Å²) >= 11 is 6.02. The Morgan fingerprint density at radius 2 is 1.76 bits per heavy atom. The number of halogens is 1. The predicted molar refractivity (Wildman–Crippen MR) is 127 cm³/mol. The Morgan fingerprint density at radius 3 is 2.44 bits per heavy atom. The molecule has 2 heterocycles. The van der Waals surface area contributed by atoms with Crippen LogP contribution in [0.3, 0.4) is 0 Å². The molecule has 3 N–H and O–H groups in total. The molecule has 0 unspecified atom stereocenters. The molecule has 34 heavy (non-hydrogen) atoms. The Balaban J connectivity index is 1.31. The van der Waals surface area contributed by atoms with Gasteiger partial charge < -0.3 is 14.1 Å². The summed E-state index contributed by atoms with van der Waals surface area (Å²) < 4.78 is 11.0. The van der Waals surface area contributed by atoms with Crippen molar-refractivity contribution in [3.05, 3.63) is 111 Å². The molecule has 2 amide bonds. The van der Waals surface area contributed by atoms with Crippen LogP contribution in [0.4, 0.5) is 0 Å². The van der Waals surface area contributed by atoms with E-state index in [4.69, 9.17) is 20.8 Å². The number of aryl methyl sites for hydroxylation is 1. The van der Waals surface area contributed by atoms with Crippen LogP contribution in [0.5, 0.6) is 5.75 Å². The van der Waals surface area contributed by atoms with E-state index in [0.29, 0.717) is 34.4 Å². The average molecular weight is 478 g/mol. The van der Waals surface area contributed by atoms with Crippen LogP contribution in [0, 0.1) is 6.92 Å². The number of hydrogen-bond acceptors (Lipinski definition) is 5. The number of nitrogens with one attached hydrogen (secondary N) is 3. The van der Waals surface area contributed by atoms with Crippen LogP contribution in [-0.2, 0) is 6.61 Å². The lowest BCUT2D eigenvalue weighted by molar-refractivity contribution is 0.0846. The first-order chi connectivity index (χ1) is 16.4. The maximum atomic E-state index is 12.4. The summed E-state index contributed by atoms with van der Waals surface area (Å²) in [5.74, 6) is -0.116. The second kappa shape index (κ2) is 10.1. The Bertz CT molecular complexity index is 1380. The van der Waals surface area contributed by atoms with E-state index >= 15 is 0 Å². The van der Waals surface area contributed by atoms with Crippen LogP contribution in [0.25, 0.3) is 11.5 Å². The molecule has 4 aromatic rings. The van der Waals surface area contributed by atoms with Gasteiger partial charge in [0.15, 0.2) is 0 Å². The third kappa shape index (κ3) is 5.36. The minimum Gasteiger partial charge on any atom is -0.489 e. The number of hydrazine groups is 1. The van der Waals surface area contributed by atoms with Gasteiger partial charge in [-0.3, -0.25) is 25.2 Å². The molecule has 0 radical (unpaired) electrons. The molecular weight excluding hydrogens is 458 g/mol. The number of benzene rings is 2. The summed E-state index contributed by atoms with van der Waals surface area (Å²) in [6, 6.07) is 18.4. The van der Waals surface area contributed by atoms with E-state index in [0.717, 1.165) is 11.1 Å². The van der Waals surface area contributed by atoms with Gasteiger partial charge in [-0.25, -0.2) is 0 Å². The maximum Gasteiger partial charge on any atom is 0.275 e. The molecule has 0 aliphatic heterocycles. The van der Waals surface area contributed by atoms with E-state index in [9.17, 15) is 14.4 Å². The molecule has 2 aromatic heterocycles. The zero-order valence-corrected chi connectivity index (χ0v) is 18.8. The highest BCUT2D eigenvalue weighted by Gasteiger charge is 2.14. The summed E-state index contributed by atoms with van der Waals surface area (Å²) in [7, 11) is 0. The summed E-state index contributed by atoms with van der Waals surface area (Å²) in [5.41, 5.74) is 6.33. The molecule has 0 aliphatic carbocycles. The van der Waals surface area contributed by atoms with E-state index in [-0.39, 0.29) is 5.56 Å². The van der Waals surface area contributed by atoms with Gasteiger partial charge in [0, 0.05) is 10.6 Å². The third-order valence-electron chi connectivity index (χ3n) is 4.98. The lowest BCUT2D eigenvalue weighted by Gasteiger charge is -2.10. The summed E-state index contributed by atoms with van der Waals surface area (Å²) in [4.78, 5) is 39.5. The fraction of sp³-hybridized carbons (Fsp3) is 0.0800. The summed E-state index contributed by atoms with van der Waals surface area (Å²) in [5, 5.41) is 0.672. The second-order valence-corrected chi connectivity index (χ2v) is 7.80. The van der Waals surface area contributed by atoms with E-state index < -0.39 is 17.4 Å². The first-order valence-electron chi connectivity index (χ1n) is 10.3. The van der Waals surface area contributed by atoms with Gasteiger partial charge in [-0.2, -0.15) is 0 Å². The van der Waals surface area contributed by atoms with E-state index in [1.807, 2.05) is 13.0 Å². The highest BCUT2D eigenvalue weighted by atomic mass is 35.5. The zero-order chi connectivity index (χ0) is 24.1. The molecule has 0 atom stereocenters.